The van der Waals surface area contributed by atoms with Gasteiger partial charge in [0.2, 0.25) is 5.88 Å². The highest BCUT2D eigenvalue weighted by molar-refractivity contribution is 6.03. The van der Waals surface area contributed by atoms with Crippen LogP contribution in [0.25, 0.3) is 10.9 Å². The van der Waals surface area contributed by atoms with Crippen molar-refractivity contribution in [2.45, 2.75) is 38.6 Å². The number of Topliss-reactive ketones (excluding diaryl/α,β-unsaturated/α-hetero) is 1. The summed E-state index contributed by atoms with van der Waals surface area (Å²) in [5, 5.41) is 0.931. The number of nitrogen functional groups attached to an aromatic ring is 1. The molecular formula is C24H29N5O2. The van der Waals surface area contributed by atoms with E-state index in [2.05, 4.69) is 27.9 Å². The van der Waals surface area contributed by atoms with E-state index in [1.807, 2.05) is 24.3 Å². The molecule has 7 heteroatoms. The van der Waals surface area contributed by atoms with Gasteiger partial charge in [0.25, 0.3) is 0 Å². The number of carbonyl (C=O) groups excluding carboxylic acids is 1. The Morgan fingerprint density at radius 1 is 1.29 bits per heavy atom. The first-order valence-corrected chi connectivity index (χ1v) is 10.7. The molecule has 0 radical (unpaired) electrons. The maximum Gasteiger partial charge on any atom is 0.215 e. The Labute approximate surface area is 182 Å². The molecule has 0 bridgehead atoms. The Balaban J connectivity index is 1.67. The fourth-order valence-electron chi connectivity index (χ4n) is 4.15. The molecule has 0 unspecified atom stereocenters. The van der Waals surface area contributed by atoms with Gasteiger partial charge in [0.15, 0.2) is 5.78 Å². The van der Waals surface area contributed by atoms with Crippen molar-refractivity contribution in [3.05, 3.63) is 53.3 Å². The van der Waals surface area contributed by atoms with Crippen molar-refractivity contribution in [3.63, 3.8) is 0 Å². The van der Waals surface area contributed by atoms with Crippen LogP contribution in [-0.4, -0.2) is 42.0 Å². The largest absolute Gasteiger partial charge is 0.481 e. The number of pyridine rings is 2. The predicted octanol–water partition coefficient (Wildman–Crippen LogP) is 3.14. The van der Waals surface area contributed by atoms with Crippen molar-refractivity contribution in [2.24, 2.45) is 5.73 Å². The molecule has 1 aliphatic heterocycles. The van der Waals surface area contributed by atoms with Gasteiger partial charge in [0.1, 0.15) is 5.69 Å². The van der Waals surface area contributed by atoms with Crippen LogP contribution in [-0.2, 0) is 12.8 Å². The second-order valence-corrected chi connectivity index (χ2v) is 8.11. The van der Waals surface area contributed by atoms with E-state index < -0.39 is 0 Å². The Morgan fingerprint density at radius 3 is 2.87 bits per heavy atom. The Morgan fingerprint density at radius 2 is 2.13 bits per heavy atom. The lowest BCUT2D eigenvalue weighted by atomic mass is 10.0. The number of anilines is 2. The zero-order valence-corrected chi connectivity index (χ0v) is 18.1. The monoisotopic (exact) mass is 419 g/mol. The first kappa shape index (κ1) is 21.1. The summed E-state index contributed by atoms with van der Waals surface area (Å²) in [7, 11) is 1.59. The van der Waals surface area contributed by atoms with Crippen LogP contribution in [0.4, 0.5) is 11.4 Å². The maximum atomic E-state index is 13.2. The van der Waals surface area contributed by atoms with Crippen LogP contribution in [0, 0.1) is 0 Å². The summed E-state index contributed by atoms with van der Waals surface area (Å²) in [5.74, 6) is 0.386. The van der Waals surface area contributed by atoms with Crippen LogP contribution in [0.3, 0.4) is 0 Å². The Kier molecular flexibility index (Phi) is 6.04. The zero-order valence-electron chi connectivity index (χ0n) is 18.1. The van der Waals surface area contributed by atoms with Crippen molar-refractivity contribution in [3.8, 4) is 5.88 Å². The van der Waals surface area contributed by atoms with Gasteiger partial charge >= 0.3 is 0 Å². The highest BCUT2D eigenvalue weighted by atomic mass is 16.5. The lowest BCUT2D eigenvalue weighted by Crippen LogP contribution is -2.43. The summed E-state index contributed by atoms with van der Waals surface area (Å²) < 4.78 is 5.32. The van der Waals surface area contributed by atoms with Gasteiger partial charge in [-0.25, -0.2) is 9.97 Å². The van der Waals surface area contributed by atoms with E-state index in [4.69, 9.17) is 16.2 Å². The minimum absolute atomic E-state index is 0.113. The second-order valence-electron chi connectivity index (χ2n) is 8.11. The number of ketones is 1. The van der Waals surface area contributed by atoms with Crippen LogP contribution in [0.2, 0.25) is 0 Å². The molecule has 1 fully saturated rings. The minimum atomic E-state index is -0.129. The van der Waals surface area contributed by atoms with Gasteiger partial charge in [-0.3, -0.25) is 4.79 Å². The molecule has 2 aromatic heterocycles. The molecule has 4 rings (SSSR count). The summed E-state index contributed by atoms with van der Waals surface area (Å²) in [6.45, 7) is 3.72. The Bertz CT molecular complexity index is 1110. The quantitative estimate of drug-likeness (QED) is 0.591. The number of aromatic nitrogens is 2. The van der Waals surface area contributed by atoms with E-state index in [0.717, 1.165) is 54.5 Å². The number of piperidine rings is 1. The molecule has 0 amide bonds. The predicted molar refractivity (Wildman–Crippen MR) is 124 cm³/mol. The van der Waals surface area contributed by atoms with Crippen molar-refractivity contribution in [1.29, 1.82) is 0 Å². The lowest BCUT2D eigenvalue weighted by Gasteiger charge is -2.34. The molecule has 0 saturated carbocycles. The minimum Gasteiger partial charge on any atom is -0.481 e. The van der Waals surface area contributed by atoms with E-state index >= 15 is 0 Å². The van der Waals surface area contributed by atoms with Crippen molar-refractivity contribution < 1.29 is 9.53 Å². The number of carbonyl (C=O) groups is 1. The molecule has 0 aliphatic carbocycles. The van der Waals surface area contributed by atoms with E-state index in [1.165, 1.54) is 5.56 Å². The smallest absolute Gasteiger partial charge is 0.215 e. The molecule has 4 N–H and O–H groups in total. The average molecular weight is 420 g/mol. The molecule has 1 atom stereocenters. The first-order chi connectivity index (χ1) is 15.0. The van der Waals surface area contributed by atoms with Gasteiger partial charge in [0.05, 0.1) is 18.3 Å². The molecule has 162 valence electrons. The van der Waals surface area contributed by atoms with Crippen LogP contribution in [0.5, 0.6) is 5.88 Å². The third kappa shape index (κ3) is 4.46. The van der Waals surface area contributed by atoms with Gasteiger partial charge in [-0.2, -0.15) is 0 Å². The average Bonchev–Trinajstić information content (AvgIpc) is 2.78. The molecule has 31 heavy (non-hydrogen) atoms. The number of aryl methyl sites for hydroxylation is 1. The molecule has 3 heterocycles. The fourth-order valence-corrected chi connectivity index (χ4v) is 4.15. The molecule has 7 nitrogen and oxygen atoms in total. The third-order valence-corrected chi connectivity index (χ3v) is 5.88. The van der Waals surface area contributed by atoms with E-state index in [-0.39, 0.29) is 18.2 Å². The number of hydrogen-bond acceptors (Lipinski definition) is 7. The summed E-state index contributed by atoms with van der Waals surface area (Å²) in [6.07, 6.45) is 4.79. The van der Waals surface area contributed by atoms with Gasteiger partial charge in [-0.15, -0.1) is 0 Å². The van der Waals surface area contributed by atoms with Gasteiger partial charge < -0.3 is 21.1 Å². The number of fused-ring (bicyclic) bond motifs is 1. The standard InChI is InChI=1S/C24H29N5O2/c1-3-15-6-7-16-10-19(26)24(28-20(16)9-15)22(30)11-17-13-27-23(31-2)12-21(17)29-8-4-5-18(25)14-29/h6-7,9-10,12-13,18H,3-5,8,11,14,25-26H2,1-2H3/t18-/m0/s1. The molecule has 1 aliphatic rings. The third-order valence-electron chi connectivity index (χ3n) is 5.88. The highest BCUT2D eigenvalue weighted by Crippen LogP contribution is 2.29. The number of nitrogens with two attached hydrogens (primary N) is 2. The maximum absolute atomic E-state index is 13.2. The molecule has 0 spiro atoms. The van der Waals surface area contributed by atoms with Crippen LogP contribution in [0.15, 0.2) is 36.5 Å². The van der Waals surface area contributed by atoms with Crippen LogP contribution >= 0.6 is 0 Å². The highest BCUT2D eigenvalue weighted by Gasteiger charge is 2.23. The van der Waals surface area contributed by atoms with Crippen LogP contribution in [0.1, 0.15) is 41.4 Å². The topological polar surface area (TPSA) is 107 Å². The number of rotatable bonds is 6. The van der Waals surface area contributed by atoms with E-state index in [0.29, 0.717) is 17.3 Å². The fraction of sp³-hybridized carbons (Fsp3) is 0.375. The number of nitrogens with zero attached hydrogens (tertiary/aromatic N) is 3. The summed E-state index contributed by atoms with van der Waals surface area (Å²) in [5.41, 5.74) is 16.8. The van der Waals surface area contributed by atoms with Gasteiger partial charge in [-0.1, -0.05) is 19.1 Å². The van der Waals surface area contributed by atoms with Crippen molar-refractivity contribution >= 4 is 28.1 Å². The molecular weight excluding hydrogens is 390 g/mol. The Hall–Kier alpha value is -3.19. The normalized spacial score (nSPS) is 16.5. The zero-order chi connectivity index (χ0) is 22.0. The molecule has 1 saturated heterocycles. The SMILES string of the molecule is CCc1ccc2cc(N)c(C(=O)Cc3cnc(OC)cc3N3CCC[C@H](N)C3)nc2c1. The van der Waals surface area contributed by atoms with E-state index in [1.54, 1.807) is 13.3 Å². The number of ether oxygens (including phenoxy) is 1. The van der Waals surface area contributed by atoms with Crippen molar-refractivity contribution in [1.82, 2.24) is 9.97 Å². The summed E-state index contributed by atoms with van der Waals surface area (Å²) >= 11 is 0. The van der Waals surface area contributed by atoms with Gasteiger partial charge in [0, 0.05) is 54.5 Å². The molecule has 3 aromatic rings. The van der Waals surface area contributed by atoms with Gasteiger partial charge in [-0.05, 0) is 37.0 Å². The second kappa shape index (κ2) is 8.89. The van der Waals surface area contributed by atoms with E-state index in [9.17, 15) is 4.79 Å². The van der Waals surface area contributed by atoms with Crippen LogP contribution < -0.4 is 21.1 Å². The summed E-state index contributed by atoms with van der Waals surface area (Å²) in [4.78, 5) is 24.4. The summed E-state index contributed by atoms with van der Waals surface area (Å²) in [6, 6.07) is 9.89. The van der Waals surface area contributed by atoms with Crippen molar-refractivity contribution in [2.75, 3.05) is 30.8 Å². The number of methoxy groups -OCH3 is 1. The molecule has 1 aromatic carbocycles. The first-order valence-electron chi connectivity index (χ1n) is 10.7. The number of benzene rings is 1. The lowest BCUT2D eigenvalue weighted by molar-refractivity contribution is 0.0989. The number of hydrogen-bond donors (Lipinski definition) is 2.